The highest BCUT2D eigenvalue weighted by atomic mass is 16.6. The van der Waals surface area contributed by atoms with Gasteiger partial charge in [0.2, 0.25) is 5.88 Å². The maximum Gasteiger partial charge on any atom is 0.328 e. The molecule has 0 aliphatic carbocycles. The van der Waals surface area contributed by atoms with Crippen LogP contribution in [0.5, 0.6) is 5.88 Å². The number of aromatic nitrogens is 2. The number of H-pyrrole nitrogens is 2. The molecule has 0 saturated heterocycles. The predicted molar refractivity (Wildman–Crippen MR) is 66.9 cm³/mol. The van der Waals surface area contributed by atoms with Gasteiger partial charge < -0.3 is 9.94 Å². The maximum atomic E-state index is 11.6. The van der Waals surface area contributed by atoms with Gasteiger partial charge in [-0.1, -0.05) is 31.2 Å². The zero-order valence-corrected chi connectivity index (χ0v) is 10.0. The Balaban J connectivity index is 3.21. The molecular weight excluding hydrogens is 238 g/mol. The van der Waals surface area contributed by atoms with Gasteiger partial charge in [0.15, 0.2) is 0 Å². The first-order chi connectivity index (χ1) is 8.60. The van der Waals surface area contributed by atoms with Gasteiger partial charge in [-0.3, -0.25) is 14.8 Å². The van der Waals surface area contributed by atoms with Crippen LogP contribution in [0.3, 0.4) is 0 Å². The van der Waals surface area contributed by atoms with Crippen LogP contribution in [0.1, 0.15) is 25.3 Å². The van der Waals surface area contributed by atoms with E-state index in [-0.39, 0.29) is 17.9 Å². The number of nitrogens with zero attached hydrogens (tertiary/aromatic N) is 1. The molecule has 0 unspecified atom stereocenters. The zero-order chi connectivity index (χ0) is 13.5. The molecule has 1 heterocycles. The molecule has 98 valence electrons. The van der Waals surface area contributed by atoms with Crippen molar-refractivity contribution in [3.05, 3.63) is 39.1 Å². The van der Waals surface area contributed by atoms with Crippen LogP contribution in [0.4, 0.5) is 0 Å². The number of aromatic hydroxyl groups is 1. The summed E-state index contributed by atoms with van der Waals surface area (Å²) in [7, 11) is 0. The van der Waals surface area contributed by atoms with Gasteiger partial charge in [0.1, 0.15) is 12.2 Å². The van der Waals surface area contributed by atoms with E-state index in [2.05, 4.69) is 16.7 Å². The Morgan fingerprint density at radius 1 is 1.50 bits per heavy atom. The molecule has 18 heavy (non-hydrogen) atoms. The third-order valence-corrected chi connectivity index (χ3v) is 2.07. The van der Waals surface area contributed by atoms with Crippen molar-refractivity contribution in [2.24, 2.45) is 5.16 Å². The number of aromatic amines is 2. The largest absolute Gasteiger partial charge is 0.494 e. The Bertz CT molecular complexity index is 556. The third kappa shape index (κ3) is 3.34. The predicted octanol–water partition coefficient (Wildman–Crippen LogP) is 0.476. The van der Waals surface area contributed by atoms with Crippen molar-refractivity contribution < 1.29 is 9.94 Å². The van der Waals surface area contributed by atoms with Crippen LogP contribution in [-0.4, -0.2) is 27.4 Å². The van der Waals surface area contributed by atoms with Crippen molar-refractivity contribution in [2.45, 2.75) is 19.8 Å². The van der Waals surface area contributed by atoms with E-state index in [4.69, 9.17) is 4.84 Å². The average Bonchev–Trinajstić information content (AvgIpc) is 2.28. The number of hydrogen-bond donors (Lipinski definition) is 3. The van der Waals surface area contributed by atoms with E-state index < -0.39 is 17.1 Å². The Hall–Kier alpha value is -2.31. The summed E-state index contributed by atoms with van der Waals surface area (Å²) in [5, 5.41) is 13.4. The molecule has 0 spiro atoms. The molecule has 7 nitrogen and oxygen atoms in total. The Labute approximate surface area is 103 Å². The second-order valence-electron chi connectivity index (χ2n) is 3.50. The quantitative estimate of drug-likeness (QED) is 0.296. The molecule has 1 aromatic rings. The second-order valence-corrected chi connectivity index (χ2v) is 3.50. The molecule has 1 aromatic heterocycles. The van der Waals surface area contributed by atoms with Crippen molar-refractivity contribution in [3.63, 3.8) is 0 Å². The Kier molecular flexibility index (Phi) is 4.91. The van der Waals surface area contributed by atoms with Crippen LogP contribution >= 0.6 is 0 Å². The minimum Gasteiger partial charge on any atom is -0.494 e. The molecular formula is C11H15N3O4. The molecule has 0 atom stereocenters. The molecule has 3 N–H and O–H groups in total. The molecule has 0 aliphatic heterocycles. The first kappa shape index (κ1) is 13.8. The lowest BCUT2D eigenvalue weighted by molar-refractivity contribution is 0.174. The van der Waals surface area contributed by atoms with Crippen molar-refractivity contribution in [1.82, 2.24) is 9.97 Å². The van der Waals surface area contributed by atoms with Gasteiger partial charge in [-0.2, -0.15) is 0 Å². The third-order valence-electron chi connectivity index (χ3n) is 2.07. The van der Waals surface area contributed by atoms with Crippen LogP contribution in [-0.2, 0) is 4.84 Å². The van der Waals surface area contributed by atoms with Crippen LogP contribution in [0, 0.1) is 0 Å². The van der Waals surface area contributed by atoms with E-state index in [9.17, 15) is 14.7 Å². The molecule has 0 amide bonds. The smallest absolute Gasteiger partial charge is 0.328 e. The molecule has 0 radical (unpaired) electrons. The normalized spacial score (nSPS) is 11.3. The fourth-order valence-corrected chi connectivity index (χ4v) is 1.36. The van der Waals surface area contributed by atoms with Crippen molar-refractivity contribution in [3.8, 4) is 5.88 Å². The molecule has 7 heteroatoms. The number of nitrogens with one attached hydrogen (secondary N) is 2. The van der Waals surface area contributed by atoms with E-state index in [1.807, 2.05) is 11.9 Å². The van der Waals surface area contributed by atoms with Crippen LogP contribution in [0.2, 0.25) is 0 Å². The summed E-state index contributed by atoms with van der Waals surface area (Å²) < 4.78 is 0. The van der Waals surface area contributed by atoms with E-state index in [0.717, 1.165) is 0 Å². The van der Waals surface area contributed by atoms with Gasteiger partial charge in [0.05, 0.1) is 5.71 Å². The van der Waals surface area contributed by atoms with E-state index >= 15 is 0 Å². The highest BCUT2D eigenvalue weighted by molar-refractivity contribution is 6.01. The lowest BCUT2D eigenvalue weighted by Crippen LogP contribution is -2.28. The fraction of sp³-hybridized carbons (Fsp3) is 0.364. The SMILES string of the molecule is C=CCON=C(CCC)c1c(O)[nH]c(=O)[nH]c1=O. The standard InChI is InChI=1S/C11H15N3O4/c1-3-5-7(14-18-6-4-2)8-9(15)12-11(17)13-10(8)16/h4H,2-3,5-6H2,1H3,(H3,12,13,15,16,17). The summed E-state index contributed by atoms with van der Waals surface area (Å²) >= 11 is 0. The zero-order valence-electron chi connectivity index (χ0n) is 10.0. The van der Waals surface area contributed by atoms with Gasteiger partial charge in [0.25, 0.3) is 5.56 Å². The van der Waals surface area contributed by atoms with E-state index in [1.54, 1.807) is 0 Å². The van der Waals surface area contributed by atoms with Gasteiger partial charge in [-0.05, 0) is 6.42 Å². The van der Waals surface area contributed by atoms with Gasteiger partial charge in [-0.25, -0.2) is 4.79 Å². The average molecular weight is 253 g/mol. The molecule has 1 rings (SSSR count). The van der Waals surface area contributed by atoms with Gasteiger partial charge in [0, 0.05) is 0 Å². The maximum absolute atomic E-state index is 11.6. The van der Waals surface area contributed by atoms with Crippen molar-refractivity contribution >= 4 is 5.71 Å². The van der Waals surface area contributed by atoms with Crippen molar-refractivity contribution in [2.75, 3.05) is 6.61 Å². The van der Waals surface area contributed by atoms with Gasteiger partial charge in [-0.15, -0.1) is 0 Å². The summed E-state index contributed by atoms with van der Waals surface area (Å²) in [4.78, 5) is 31.6. The van der Waals surface area contributed by atoms with E-state index in [0.29, 0.717) is 12.8 Å². The topological polar surface area (TPSA) is 108 Å². The highest BCUT2D eigenvalue weighted by Crippen LogP contribution is 2.11. The first-order valence-corrected chi connectivity index (χ1v) is 5.45. The summed E-state index contributed by atoms with van der Waals surface area (Å²) in [6.45, 7) is 5.54. The lowest BCUT2D eigenvalue weighted by atomic mass is 10.1. The lowest BCUT2D eigenvalue weighted by Gasteiger charge is -2.05. The van der Waals surface area contributed by atoms with Crippen molar-refractivity contribution in [1.29, 1.82) is 0 Å². The number of hydrogen-bond acceptors (Lipinski definition) is 5. The molecule has 0 fully saturated rings. The molecule has 0 bridgehead atoms. The summed E-state index contributed by atoms with van der Waals surface area (Å²) in [6, 6.07) is 0. The minimum atomic E-state index is -0.774. The van der Waals surface area contributed by atoms with E-state index in [1.165, 1.54) is 6.08 Å². The monoisotopic (exact) mass is 253 g/mol. The van der Waals surface area contributed by atoms with Crippen LogP contribution < -0.4 is 11.2 Å². The number of rotatable bonds is 6. The number of oxime groups is 1. The van der Waals surface area contributed by atoms with Crippen LogP contribution in [0.25, 0.3) is 0 Å². The fourth-order valence-electron chi connectivity index (χ4n) is 1.36. The molecule has 0 aromatic carbocycles. The minimum absolute atomic E-state index is 0.0829. The summed E-state index contributed by atoms with van der Waals surface area (Å²) in [5.74, 6) is -0.516. The van der Waals surface area contributed by atoms with Crippen LogP contribution in [0.15, 0.2) is 27.4 Å². The summed E-state index contributed by atoms with van der Waals surface area (Å²) in [5.41, 5.74) is -1.29. The first-order valence-electron chi connectivity index (χ1n) is 5.45. The molecule has 0 aliphatic rings. The highest BCUT2D eigenvalue weighted by Gasteiger charge is 2.15. The van der Waals surface area contributed by atoms with Gasteiger partial charge >= 0.3 is 5.69 Å². The second kappa shape index (κ2) is 6.43. The summed E-state index contributed by atoms with van der Waals surface area (Å²) in [6.07, 6.45) is 2.64. The Morgan fingerprint density at radius 3 is 2.78 bits per heavy atom. The Morgan fingerprint density at radius 2 is 2.22 bits per heavy atom. The molecule has 0 saturated carbocycles.